The highest BCUT2D eigenvalue weighted by atomic mass is 35.5. The number of hydrogen-bond acceptors (Lipinski definition) is 3. The summed E-state index contributed by atoms with van der Waals surface area (Å²) in [6, 6.07) is 1.53. The average Bonchev–Trinajstić information content (AvgIpc) is 2.76. The van der Waals surface area contributed by atoms with Crippen molar-refractivity contribution in [2.45, 2.75) is 17.9 Å². The summed E-state index contributed by atoms with van der Waals surface area (Å²) < 4.78 is 27.6. The first-order chi connectivity index (χ1) is 8.05. The molecule has 96 valence electrons. The van der Waals surface area contributed by atoms with Gasteiger partial charge in [0.1, 0.15) is 0 Å². The summed E-state index contributed by atoms with van der Waals surface area (Å²) in [4.78, 5) is 0. The molecule has 5 nitrogen and oxygen atoms in total. The van der Waals surface area contributed by atoms with Crippen molar-refractivity contribution in [2.75, 3.05) is 19.0 Å². The van der Waals surface area contributed by atoms with Crippen LogP contribution in [0.5, 0.6) is 0 Å². The Morgan fingerprint density at radius 1 is 1.59 bits per heavy atom. The maximum Gasteiger partial charge on any atom is 0.260 e. The van der Waals surface area contributed by atoms with Crippen LogP contribution in [0.15, 0.2) is 17.3 Å². The lowest BCUT2D eigenvalue weighted by Crippen LogP contribution is -2.41. The van der Waals surface area contributed by atoms with E-state index in [1.165, 1.54) is 21.3 Å². The molecule has 1 atom stereocenters. The molecule has 0 N–H and O–H groups in total. The Kier molecular flexibility index (Phi) is 3.75. The normalized spacial score (nSPS) is 22.8. The Morgan fingerprint density at radius 3 is 2.94 bits per heavy atom. The standard InChI is InChI=1S/C10H16ClN3O2S/c1-13-10(4-5-12-13)17(15,16)14-6-2-3-9(7-11)8-14/h4-5,9H,2-3,6-8H2,1H3. The van der Waals surface area contributed by atoms with Crippen LogP contribution in [-0.2, 0) is 17.1 Å². The molecule has 2 heterocycles. The molecule has 1 unspecified atom stereocenters. The number of nitrogens with zero attached hydrogens (tertiary/aromatic N) is 3. The van der Waals surface area contributed by atoms with E-state index < -0.39 is 10.0 Å². The first-order valence-corrected chi connectivity index (χ1v) is 7.57. The number of alkyl halides is 1. The lowest BCUT2D eigenvalue weighted by Gasteiger charge is -2.30. The Morgan fingerprint density at radius 2 is 2.35 bits per heavy atom. The van der Waals surface area contributed by atoms with Gasteiger partial charge in [-0.3, -0.25) is 4.68 Å². The fourth-order valence-corrected chi connectivity index (χ4v) is 4.03. The van der Waals surface area contributed by atoms with Gasteiger partial charge in [-0.2, -0.15) is 9.40 Å². The van der Waals surface area contributed by atoms with Crippen molar-refractivity contribution in [3.8, 4) is 0 Å². The van der Waals surface area contributed by atoms with E-state index in [0.29, 0.717) is 19.0 Å². The number of halogens is 1. The zero-order valence-corrected chi connectivity index (χ0v) is 11.3. The number of sulfonamides is 1. The zero-order chi connectivity index (χ0) is 12.5. The summed E-state index contributed by atoms with van der Waals surface area (Å²) in [5.74, 6) is 0.769. The van der Waals surface area contributed by atoms with Crippen LogP contribution in [0.25, 0.3) is 0 Å². The summed E-state index contributed by atoms with van der Waals surface area (Å²) in [5, 5.41) is 4.14. The molecule has 0 bridgehead atoms. The fraction of sp³-hybridized carbons (Fsp3) is 0.700. The van der Waals surface area contributed by atoms with E-state index in [2.05, 4.69) is 5.10 Å². The molecule has 1 aliphatic rings. The van der Waals surface area contributed by atoms with E-state index in [1.54, 1.807) is 7.05 Å². The second-order valence-electron chi connectivity index (χ2n) is 4.32. The second-order valence-corrected chi connectivity index (χ2v) is 6.51. The molecule has 0 aromatic carbocycles. The zero-order valence-electron chi connectivity index (χ0n) is 9.71. The summed E-state index contributed by atoms with van der Waals surface area (Å²) in [5.41, 5.74) is 0. The average molecular weight is 278 g/mol. The molecule has 17 heavy (non-hydrogen) atoms. The molecule has 1 aromatic heterocycles. The number of aromatic nitrogens is 2. The van der Waals surface area contributed by atoms with Crippen molar-refractivity contribution in [1.82, 2.24) is 14.1 Å². The third-order valence-electron chi connectivity index (χ3n) is 3.08. The maximum atomic E-state index is 12.4. The number of aryl methyl sites for hydroxylation is 1. The van der Waals surface area contributed by atoms with Crippen LogP contribution in [0, 0.1) is 5.92 Å². The largest absolute Gasteiger partial charge is 0.260 e. The molecule has 1 fully saturated rings. The van der Waals surface area contributed by atoms with Gasteiger partial charge in [-0.1, -0.05) is 0 Å². The minimum Gasteiger partial charge on any atom is -0.256 e. The number of rotatable bonds is 3. The molecule has 1 aliphatic heterocycles. The molecular weight excluding hydrogens is 262 g/mol. The van der Waals surface area contributed by atoms with Crippen LogP contribution in [0.2, 0.25) is 0 Å². The van der Waals surface area contributed by atoms with Crippen LogP contribution < -0.4 is 0 Å². The van der Waals surface area contributed by atoms with Crippen LogP contribution >= 0.6 is 11.6 Å². The fourth-order valence-electron chi connectivity index (χ4n) is 2.12. The minimum absolute atomic E-state index is 0.243. The van der Waals surface area contributed by atoms with E-state index in [4.69, 9.17) is 11.6 Å². The monoisotopic (exact) mass is 277 g/mol. The summed E-state index contributed by atoms with van der Waals surface area (Å²) >= 11 is 5.81. The highest BCUT2D eigenvalue weighted by Gasteiger charge is 2.31. The van der Waals surface area contributed by atoms with Crippen molar-refractivity contribution in [3.63, 3.8) is 0 Å². The third kappa shape index (κ3) is 2.48. The van der Waals surface area contributed by atoms with E-state index in [-0.39, 0.29) is 10.9 Å². The van der Waals surface area contributed by atoms with Gasteiger partial charge in [-0.25, -0.2) is 8.42 Å². The van der Waals surface area contributed by atoms with Gasteiger partial charge < -0.3 is 0 Å². The van der Waals surface area contributed by atoms with Crippen LogP contribution in [-0.4, -0.2) is 41.5 Å². The summed E-state index contributed by atoms with van der Waals surface area (Å²) in [6.07, 6.45) is 3.37. The molecule has 0 amide bonds. The van der Waals surface area contributed by atoms with Crippen LogP contribution in [0.3, 0.4) is 0 Å². The van der Waals surface area contributed by atoms with Gasteiger partial charge >= 0.3 is 0 Å². The SMILES string of the molecule is Cn1nccc1S(=O)(=O)N1CCCC(CCl)C1. The Balaban J connectivity index is 2.24. The predicted molar refractivity (Wildman–Crippen MR) is 65.4 cm³/mol. The van der Waals surface area contributed by atoms with Crippen molar-refractivity contribution < 1.29 is 8.42 Å². The molecule has 0 spiro atoms. The molecule has 0 radical (unpaired) electrons. The smallest absolute Gasteiger partial charge is 0.256 e. The van der Waals surface area contributed by atoms with E-state index in [9.17, 15) is 8.42 Å². The predicted octanol–water partition coefficient (Wildman–Crippen LogP) is 1.06. The van der Waals surface area contributed by atoms with E-state index >= 15 is 0 Å². The highest BCUT2D eigenvalue weighted by molar-refractivity contribution is 7.89. The Hall–Kier alpha value is -0.590. The van der Waals surface area contributed by atoms with Gasteiger partial charge in [0.05, 0.1) is 6.20 Å². The van der Waals surface area contributed by atoms with Gasteiger partial charge in [0.25, 0.3) is 10.0 Å². The Bertz CT molecular complexity index is 485. The van der Waals surface area contributed by atoms with Crippen molar-refractivity contribution in [3.05, 3.63) is 12.3 Å². The first kappa shape index (κ1) is 12.9. The van der Waals surface area contributed by atoms with Crippen LogP contribution in [0.1, 0.15) is 12.8 Å². The minimum atomic E-state index is -3.42. The van der Waals surface area contributed by atoms with Gasteiger partial charge in [-0.05, 0) is 24.8 Å². The van der Waals surface area contributed by atoms with Gasteiger partial charge in [0.2, 0.25) is 0 Å². The van der Waals surface area contributed by atoms with Crippen molar-refractivity contribution >= 4 is 21.6 Å². The molecule has 2 rings (SSSR count). The lowest BCUT2D eigenvalue weighted by molar-refractivity contribution is 0.282. The summed E-state index contributed by atoms with van der Waals surface area (Å²) in [7, 11) is -1.78. The van der Waals surface area contributed by atoms with Gasteiger partial charge in [-0.15, -0.1) is 11.6 Å². The van der Waals surface area contributed by atoms with Crippen molar-refractivity contribution in [2.24, 2.45) is 13.0 Å². The second kappa shape index (κ2) is 4.96. The van der Waals surface area contributed by atoms with Gasteiger partial charge in [0, 0.05) is 26.0 Å². The Labute approximate surface area is 106 Å². The van der Waals surface area contributed by atoms with Crippen LogP contribution in [0.4, 0.5) is 0 Å². The van der Waals surface area contributed by atoms with Gasteiger partial charge in [0.15, 0.2) is 5.03 Å². The van der Waals surface area contributed by atoms with E-state index in [1.807, 2.05) is 0 Å². The maximum absolute atomic E-state index is 12.4. The molecule has 1 saturated heterocycles. The molecule has 0 saturated carbocycles. The molecule has 0 aliphatic carbocycles. The number of piperidine rings is 1. The molecule has 1 aromatic rings. The third-order valence-corrected chi connectivity index (χ3v) is 5.46. The topological polar surface area (TPSA) is 55.2 Å². The highest BCUT2D eigenvalue weighted by Crippen LogP contribution is 2.23. The first-order valence-electron chi connectivity index (χ1n) is 5.60. The quantitative estimate of drug-likeness (QED) is 0.777. The molecular formula is C10H16ClN3O2S. The van der Waals surface area contributed by atoms with E-state index in [0.717, 1.165) is 12.8 Å². The van der Waals surface area contributed by atoms with Crippen molar-refractivity contribution in [1.29, 1.82) is 0 Å². The molecule has 7 heteroatoms. The number of hydrogen-bond donors (Lipinski definition) is 0. The lowest BCUT2D eigenvalue weighted by atomic mass is 10.0. The summed E-state index contributed by atoms with van der Waals surface area (Å²) in [6.45, 7) is 1.08.